The highest BCUT2D eigenvalue weighted by molar-refractivity contribution is 6.09. The van der Waals surface area contributed by atoms with Crippen LogP contribution in [0.1, 0.15) is 35.2 Å². The summed E-state index contributed by atoms with van der Waals surface area (Å²) in [6.45, 7) is 4.61. The van der Waals surface area contributed by atoms with Gasteiger partial charge >= 0.3 is 0 Å². The number of fused-ring (bicyclic) bond motifs is 3. The van der Waals surface area contributed by atoms with Crippen molar-refractivity contribution < 1.29 is 14.4 Å². The number of anilines is 2. The lowest BCUT2D eigenvalue weighted by molar-refractivity contribution is -0.133. The van der Waals surface area contributed by atoms with Crippen molar-refractivity contribution in [3.63, 3.8) is 0 Å². The number of hydrogen-bond donors (Lipinski definition) is 0. The van der Waals surface area contributed by atoms with E-state index in [0.29, 0.717) is 24.3 Å². The molecule has 5 rings (SSSR count). The van der Waals surface area contributed by atoms with Gasteiger partial charge in [-0.1, -0.05) is 30.3 Å². The third-order valence-electron chi connectivity index (χ3n) is 7.55. The van der Waals surface area contributed by atoms with Crippen molar-refractivity contribution >= 4 is 29.1 Å². The molecule has 2 saturated heterocycles. The van der Waals surface area contributed by atoms with E-state index in [1.54, 1.807) is 25.1 Å². The van der Waals surface area contributed by atoms with Crippen molar-refractivity contribution in [3.8, 4) is 0 Å². The Morgan fingerprint density at radius 1 is 0.917 bits per heavy atom. The molecule has 8 heteroatoms. The van der Waals surface area contributed by atoms with Gasteiger partial charge in [-0.15, -0.1) is 0 Å². The van der Waals surface area contributed by atoms with Gasteiger partial charge in [-0.2, -0.15) is 0 Å². The fourth-order valence-electron chi connectivity index (χ4n) is 5.54. The third kappa shape index (κ3) is 4.82. The van der Waals surface area contributed by atoms with Gasteiger partial charge in [-0.25, -0.2) is 0 Å². The minimum absolute atomic E-state index is 0.00840. The zero-order chi connectivity index (χ0) is 25.2. The molecule has 1 atom stereocenters. The minimum Gasteiger partial charge on any atom is -0.358 e. The summed E-state index contributed by atoms with van der Waals surface area (Å²) in [6.07, 6.45) is 2.83. The lowest BCUT2D eigenvalue weighted by Gasteiger charge is -2.45. The fourth-order valence-corrected chi connectivity index (χ4v) is 5.54. The van der Waals surface area contributed by atoms with Crippen LogP contribution in [0.3, 0.4) is 0 Å². The summed E-state index contributed by atoms with van der Waals surface area (Å²) in [4.78, 5) is 49.2. The highest BCUT2D eigenvalue weighted by Gasteiger charge is 2.41. The predicted molar refractivity (Wildman–Crippen MR) is 140 cm³/mol. The van der Waals surface area contributed by atoms with Crippen LogP contribution in [0.5, 0.6) is 0 Å². The molecular formula is C28H35N5O3. The predicted octanol–water partition coefficient (Wildman–Crippen LogP) is 2.44. The molecule has 2 aromatic carbocycles. The number of rotatable bonds is 5. The van der Waals surface area contributed by atoms with Crippen LogP contribution in [0.25, 0.3) is 0 Å². The van der Waals surface area contributed by atoms with Gasteiger partial charge in [0, 0.05) is 58.9 Å². The Labute approximate surface area is 213 Å². The van der Waals surface area contributed by atoms with Crippen LogP contribution in [0.2, 0.25) is 0 Å². The van der Waals surface area contributed by atoms with E-state index in [9.17, 15) is 14.4 Å². The molecule has 190 valence electrons. The van der Waals surface area contributed by atoms with E-state index in [0.717, 1.165) is 51.1 Å². The molecule has 0 spiro atoms. The van der Waals surface area contributed by atoms with Crippen LogP contribution in [0.4, 0.5) is 11.4 Å². The van der Waals surface area contributed by atoms with Gasteiger partial charge in [-0.3, -0.25) is 24.2 Å². The molecule has 8 nitrogen and oxygen atoms in total. The number of piperazine rings is 1. The molecule has 0 N–H and O–H groups in total. The van der Waals surface area contributed by atoms with E-state index >= 15 is 0 Å². The van der Waals surface area contributed by atoms with E-state index in [1.165, 1.54) is 10.5 Å². The van der Waals surface area contributed by atoms with Gasteiger partial charge < -0.3 is 14.7 Å². The Hall–Kier alpha value is -3.39. The normalized spacial score (nSPS) is 20.1. The van der Waals surface area contributed by atoms with E-state index < -0.39 is 0 Å². The van der Waals surface area contributed by atoms with Crippen molar-refractivity contribution in [2.45, 2.75) is 31.8 Å². The van der Waals surface area contributed by atoms with Gasteiger partial charge in [0.1, 0.15) is 12.6 Å². The van der Waals surface area contributed by atoms with Crippen molar-refractivity contribution in [2.75, 3.05) is 63.2 Å². The summed E-state index contributed by atoms with van der Waals surface area (Å²) in [7, 11) is 3.43. The number of carbonyl (C=O) groups excluding carboxylic acids is 3. The maximum atomic E-state index is 13.6. The first kappa shape index (κ1) is 24.3. The Morgan fingerprint density at radius 3 is 2.39 bits per heavy atom. The standard InChI is InChI=1S/C28H35N5O3/c1-29(2)27(35)22-11-12-23-25(18-22)33(28(36)24-10-6-7-13-32(23)24)20-26(34)31-16-14-30(15-17-31)19-21-8-4-3-5-9-21/h3-5,8-9,11-12,18,24H,6-7,10,13-17,19-20H2,1-2H3/t24-/m1/s1. The Balaban J connectivity index is 1.32. The molecule has 0 radical (unpaired) electrons. The summed E-state index contributed by atoms with van der Waals surface area (Å²) in [5, 5.41) is 0. The molecule has 2 aromatic rings. The first-order valence-electron chi connectivity index (χ1n) is 12.9. The number of benzene rings is 2. The summed E-state index contributed by atoms with van der Waals surface area (Å²) >= 11 is 0. The van der Waals surface area contributed by atoms with Crippen molar-refractivity contribution in [1.29, 1.82) is 0 Å². The van der Waals surface area contributed by atoms with E-state index in [-0.39, 0.29) is 30.3 Å². The van der Waals surface area contributed by atoms with Crippen LogP contribution in [0, 0.1) is 0 Å². The Kier molecular flexibility index (Phi) is 6.96. The largest absolute Gasteiger partial charge is 0.358 e. The molecule has 3 aliphatic rings. The Bertz CT molecular complexity index is 1130. The van der Waals surface area contributed by atoms with Crippen LogP contribution in [0.15, 0.2) is 48.5 Å². The van der Waals surface area contributed by atoms with Crippen LogP contribution in [-0.4, -0.2) is 91.8 Å². The van der Waals surface area contributed by atoms with Crippen molar-refractivity contribution in [2.24, 2.45) is 0 Å². The second-order valence-electron chi connectivity index (χ2n) is 10.2. The first-order chi connectivity index (χ1) is 17.4. The van der Waals surface area contributed by atoms with Gasteiger partial charge in [0.05, 0.1) is 11.4 Å². The maximum Gasteiger partial charge on any atom is 0.253 e. The average Bonchev–Trinajstić information content (AvgIpc) is 2.91. The smallest absolute Gasteiger partial charge is 0.253 e. The third-order valence-corrected chi connectivity index (χ3v) is 7.55. The number of piperidine rings is 1. The number of nitrogens with zero attached hydrogens (tertiary/aromatic N) is 5. The lowest BCUT2D eigenvalue weighted by Crippen LogP contribution is -2.58. The quantitative estimate of drug-likeness (QED) is 0.646. The lowest BCUT2D eigenvalue weighted by atomic mass is 9.95. The second kappa shape index (κ2) is 10.3. The maximum absolute atomic E-state index is 13.6. The number of amides is 3. The SMILES string of the molecule is CN(C)C(=O)c1ccc2c(c1)N(CC(=O)N1CCN(Cc3ccccc3)CC1)C(=O)[C@H]1CCCCN21. The zero-order valence-electron chi connectivity index (χ0n) is 21.2. The molecule has 3 amide bonds. The molecule has 0 saturated carbocycles. The monoisotopic (exact) mass is 489 g/mol. The molecule has 0 aromatic heterocycles. The van der Waals surface area contributed by atoms with E-state index in [4.69, 9.17) is 0 Å². The van der Waals surface area contributed by atoms with Gasteiger partial charge in [0.25, 0.3) is 5.91 Å². The minimum atomic E-state index is -0.239. The van der Waals surface area contributed by atoms with Crippen molar-refractivity contribution in [3.05, 3.63) is 59.7 Å². The van der Waals surface area contributed by atoms with Crippen LogP contribution < -0.4 is 9.80 Å². The highest BCUT2D eigenvalue weighted by Crippen LogP contribution is 2.40. The fraction of sp³-hybridized carbons (Fsp3) is 0.464. The topological polar surface area (TPSA) is 67.4 Å². The van der Waals surface area contributed by atoms with Crippen molar-refractivity contribution in [1.82, 2.24) is 14.7 Å². The second-order valence-corrected chi connectivity index (χ2v) is 10.2. The van der Waals surface area contributed by atoms with Crippen LogP contribution in [-0.2, 0) is 16.1 Å². The van der Waals surface area contributed by atoms with Crippen LogP contribution >= 0.6 is 0 Å². The van der Waals surface area contributed by atoms with E-state index in [2.05, 4.69) is 21.9 Å². The molecule has 3 aliphatic heterocycles. The first-order valence-corrected chi connectivity index (χ1v) is 12.9. The molecule has 0 aliphatic carbocycles. The molecular weight excluding hydrogens is 454 g/mol. The van der Waals surface area contributed by atoms with E-state index in [1.807, 2.05) is 35.2 Å². The summed E-state index contributed by atoms with van der Waals surface area (Å²) in [5.74, 6) is -0.193. The summed E-state index contributed by atoms with van der Waals surface area (Å²) in [5.41, 5.74) is 3.40. The average molecular weight is 490 g/mol. The molecule has 0 bridgehead atoms. The molecule has 3 heterocycles. The highest BCUT2D eigenvalue weighted by atomic mass is 16.2. The number of carbonyl (C=O) groups is 3. The number of hydrogen-bond acceptors (Lipinski definition) is 5. The van der Waals surface area contributed by atoms with Gasteiger partial charge in [-0.05, 0) is 43.0 Å². The summed E-state index contributed by atoms with van der Waals surface area (Å²) in [6, 6.07) is 15.7. The zero-order valence-corrected chi connectivity index (χ0v) is 21.2. The van der Waals surface area contributed by atoms with Gasteiger partial charge in [0.2, 0.25) is 11.8 Å². The van der Waals surface area contributed by atoms with Gasteiger partial charge in [0.15, 0.2) is 0 Å². The Morgan fingerprint density at radius 2 is 1.67 bits per heavy atom. The summed E-state index contributed by atoms with van der Waals surface area (Å²) < 4.78 is 0. The molecule has 0 unspecified atom stereocenters. The molecule has 36 heavy (non-hydrogen) atoms. The molecule has 2 fully saturated rings.